The number of aliphatic carboxylic acids is 1. The van der Waals surface area contributed by atoms with Gasteiger partial charge in [-0.2, -0.15) is 0 Å². The monoisotopic (exact) mass is 621 g/mol. The third-order valence-electron chi connectivity index (χ3n) is 7.21. The van der Waals surface area contributed by atoms with Crippen LogP contribution < -0.4 is 10.6 Å². The standard InChI is InChI=1S/C32H29Cl2N3O4S/c33-24-17-26(34)29-27(18-24)36-32(42-29)37-31(41)25(22-12-10-21(11-13-22)20-4-2-1-3-5-20)16-19-6-8-23(9-7-19)30(40)35-15-14-28(38)39/h4,6-13,17-18,25H,1-3,5,14-16H2,(H,35,40)(H,38,39)(H,36,37,41). The third-order valence-corrected chi connectivity index (χ3v) is 8.86. The van der Waals surface area contributed by atoms with Crippen LogP contribution in [0.2, 0.25) is 10.0 Å². The molecule has 2 amide bonds. The molecule has 5 rings (SSSR count). The predicted molar refractivity (Wildman–Crippen MR) is 169 cm³/mol. The highest BCUT2D eigenvalue weighted by molar-refractivity contribution is 7.23. The fourth-order valence-corrected chi connectivity index (χ4v) is 6.46. The Morgan fingerprint density at radius 1 is 1.00 bits per heavy atom. The first-order valence-corrected chi connectivity index (χ1v) is 15.3. The molecular formula is C32H29Cl2N3O4S. The molecule has 0 bridgehead atoms. The second-order valence-corrected chi connectivity index (χ2v) is 12.0. The maximum Gasteiger partial charge on any atom is 0.305 e. The van der Waals surface area contributed by atoms with Gasteiger partial charge < -0.3 is 15.7 Å². The zero-order valence-corrected chi connectivity index (χ0v) is 25.0. The number of allylic oxidation sites excluding steroid dienone is 2. The number of carboxylic acid groups (broad SMARTS) is 1. The number of thiazole rings is 1. The minimum Gasteiger partial charge on any atom is -0.481 e. The second kappa shape index (κ2) is 13.5. The zero-order chi connectivity index (χ0) is 29.6. The maximum absolute atomic E-state index is 13.8. The molecule has 0 radical (unpaired) electrons. The summed E-state index contributed by atoms with van der Waals surface area (Å²) in [6.45, 7) is 0.0498. The van der Waals surface area contributed by atoms with Gasteiger partial charge in [-0.15, -0.1) is 0 Å². The van der Waals surface area contributed by atoms with Crippen molar-refractivity contribution < 1.29 is 19.5 Å². The Labute approximate surface area is 257 Å². The van der Waals surface area contributed by atoms with Crippen molar-refractivity contribution in [1.82, 2.24) is 10.3 Å². The van der Waals surface area contributed by atoms with Crippen molar-refractivity contribution in [1.29, 1.82) is 0 Å². The number of carbonyl (C=O) groups is 3. The van der Waals surface area contributed by atoms with Crippen LogP contribution in [-0.4, -0.2) is 34.4 Å². The summed E-state index contributed by atoms with van der Waals surface area (Å²) in [4.78, 5) is 41.4. The number of anilines is 1. The number of hydrogen-bond donors (Lipinski definition) is 3. The zero-order valence-electron chi connectivity index (χ0n) is 22.7. The largest absolute Gasteiger partial charge is 0.481 e. The lowest BCUT2D eigenvalue weighted by Gasteiger charge is -2.18. The fourth-order valence-electron chi connectivity index (χ4n) is 5.01. The molecular weight excluding hydrogens is 593 g/mol. The highest BCUT2D eigenvalue weighted by Crippen LogP contribution is 2.35. The lowest BCUT2D eigenvalue weighted by atomic mass is 9.88. The molecule has 0 aliphatic heterocycles. The van der Waals surface area contributed by atoms with E-state index >= 15 is 0 Å². The molecule has 0 saturated heterocycles. The molecule has 3 N–H and O–H groups in total. The number of carboxylic acids is 1. The molecule has 4 aromatic rings. The molecule has 42 heavy (non-hydrogen) atoms. The third kappa shape index (κ3) is 7.37. The van der Waals surface area contributed by atoms with Crippen molar-refractivity contribution in [2.45, 2.75) is 44.4 Å². The normalized spacial score (nSPS) is 13.8. The van der Waals surface area contributed by atoms with Crippen molar-refractivity contribution in [3.8, 4) is 0 Å². The number of aromatic nitrogens is 1. The fraction of sp³-hybridized carbons (Fsp3) is 0.250. The molecule has 1 heterocycles. The number of rotatable bonds is 10. The number of benzene rings is 3. The van der Waals surface area contributed by atoms with Gasteiger partial charge in [0.2, 0.25) is 5.91 Å². The van der Waals surface area contributed by atoms with Gasteiger partial charge in [0.15, 0.2) is 5.13 Å². The molecule has 216 valence electrons. The first kappa shape index (κ1) is 29.8. The number of fused-ring (bicyclic) bond motifs is 1. The number of nitrogens with zero attached hydrogens (tertiary/aromatic N) is 1. The Bertz CT molecular complexity index is 1650. The van der Waals surface area contributed by atoms with E-state index < -0.39 is 11.9 Å². The molecule has 0 fully saturated rings. The molecule has 1 aromatic heterocycles. The Morgan fingerprint density at radius 3 is 2.45 bits per heavy atom. The summed E-state index contributed by atoms with van der Waals surface area (Å²) in [5.41, 5.74) is 5.29. The number of carbonyl (C=O) groups excluding carboxylic acids is 2. The number of halogens is 2. The van der Waals surface area contributed by atoms with Crippen molar-refractivity contribution in [2.24, 2.45) is 0 Å². The van der Waals surface area contributed by atoms with Gasteiger partial charge in [-0.1, -0.05) is 77.0 Å². The van der Waals surface area contributed by atoms with Gasteiger partial charge in [0, 0.05) is 17.1 Å². The molecule has 1 aliphatic rings. The molecule has 3 aromatic carbocycles. The molecule has 1 unspecified atom stereocenters. The van der Waals surface area contributed by atoms with E-state index in [1.54, 1.807) is 24.3 Å². The summed E-state index contributed by atoms with van der Waals surface area (Å²) in [5, 5.41) is 15.8. The predicted octanol–water partition coefficient (Wildman–Crippen LogP) is 7.73. The average Bonchev–Trinajstić information content (AvgIpc) is 3.39. The van der Waals surface area contributed by atoms with E-state index in [4.69, 9.17) is 28.3 Å². The lowest BCUT2D eigenvalue weighted by molar-refractivity contribution is -0.136. The second-order valence-electron chi connectivity index (χ2n) is 10.2. The van der Waals surface area contributed by atoms with Crippen LogP contribution in [0.4, 0.5) is 5.13 Å². The summed E-state index contributed by atoms with van der Waals surface area (Å²) in [7, 11) is 0. The summed E-state index contributed by atoms with van der Waals surface area (Å²) in [6.07, 6.45) is 7.10. The van der Waals surface area contributed by atoms with Crippen LogP contribution in [0.15, 0.2) is 66.7 Å². The quantitative estimate of drug-likeness (QED) is 0.168. The van der Waals surface area contributed by atoms with Crippen molar-refractivity contribution in [2.75, 3.05) is 11.9 Å². The van der Waals surface area contributed by atoms with Crippen LogP contribution in [0.25, 0.3) is 15.8 Å². The Morgan fingerprint density at radius 2 is 1.76 bits per heavy atom. The van der Waals surface area contributed by atoms with Gasteiger partial charge in [0.25, 0.3) is 5.91 Å². The van der Waals surface area contributed by atoms with E-state index in [-0.39, 0.29) is 24.8 Å². The molecule has 1 atom stereocenters. The first-order chi connectivity index (χ1) is 20.3. The van der Waals surface area contributed by atoms with Crippen molar-refractivity contribution in [3.63, 3.8) is 0 Å². The Balaban J connectivity index is 1.37. The summed E-state index contributed by atoms with van der Waals surface area (Å²) >= 11 is 13.8. The smallest absolute Gasteiger partial charge is 0.305 e. The molecule has 1 aliphatic carbocycles. The maximum atomic E-state index is 13.8. The Hall–Kier alpha value is -3.72. The van der Waals surface area contributed by atoms with Gasteiger partial charge in [-0.05, 0) is 78.6 Å². The molecule has 7 nitrogen and oxygen atoms in total. The van der Waals surface area contributed by atoms with Gasteiger partial charge >= 0.3 is 5.97 Å². The first-order valence-electron chi connectivity index (χ1n) is 13.7. The van der Waals surface area contributed by atoms with Crippen molar-refractivity contribution in [3.05, 3.63) is 99.0 Å². The Kier molecular flexibility index (Phi) is 9.57. The summed E-state index contributed by atoms with van der Waals surface area (Å²) < 4.78 is 0.746. The van der Waals surface area contributed by atoms with Crippen LogP contribution >= 0.6 is 34.5 Å². The summed E-state index contributed by atoms with van der Waals surface area (Å²) in [6, 6.07) is 18.5. The van der Waals surface area contributed by atoms with Crippen LogP contribution in [0, 0.1) is 0 Å². The summed E-state index contributed by atoms with van der Waals surface area (Å²) in [5.74, 6) is -2.06. The molecule has 10 heteroatoms. The number of amides is 2. The van der Waals surface area contributed by atoms with Crippen LogP contribution in [0.1, 0.15) is 65.1 Å². The van der Waals surface area contributed by atoms with E-state index in [0.29, 0.717) is 32.7 Å². The number of hydrogen-bond acceptors (Lipinski definition) is 5. The van der Waals surface area contributed by atoms with Gasteiger partial charge in [0.1, 0.15) is 0 Å². The highest BCUT2D eigenvalue weighted by atomic mass is 35.5. The van der Waals surface area contributed by atoms with E-state index in [1.807, 2.05) is 24.3 Å². The van der Waals surface area contributed by atoms with Crippen molar-refractivity contribution >= 4 is 73.2 Å². The lowest BCUT2D eigenvalue weighted by Crippen LogP contribution is -2.26. The van der Waals surface area contributed by atoms with E-state index in [0.717, 1.165) is 28.7 Å². The van der Waals surface area contributed by atoms with Gasteiger partial charge in [-0.3, -0.25) is 14.4 Å². The van der Waals surface area contributed by atoms with Gasteiger partial charge in [-0.25, -0.2) is 4.98 Å². The topological polar surface area (TPSA) is 108 Å². The minimum atomic E-state index is -0.976. The SMILES string of the molecule is O=C(O)CCNC(=O)c1ccc(CC(C(=O)Nc2nc3cc(Cl)cc(Cl)c3s2)c2ccc(C3=CCCCC3)cc2)cc1. The van der Waals surface area contributed by atoms with Crippen LogP contribution in [0.5, 0.6) is 0 Å². The molecule has 0 saturated carbocycles. The highest BCUT2D eigenvalue weighted by Gasteiger charge is 2.24. The van der Waals surface area contributed by atoms with E-state index in [9.17, 15) is 14.4 Å². The van der Waals surface area contributed by atoms with E-state index in [1.165, 1.54) is 35.3 Å². The number of nitrogens with one attached hydrogen (secondary N) is 2. The molecule has 0 spiro atoms. The van der Waals surface area contributed by atoms with Crippen LogP contribution in [0.3, 0.4) is 0 Å². The van der Waals surface area contributed by atoms with Crippen LogP contribution in [-0.2, 0) is 16.0 Å². The average molecular weight is 623 g/mol. The van der Waals surface area contributed by atoms with E-state index in [2.05, 4.69) is 33.8 Å². The minimum absolute atomic E-state index is 0.0498. The van der Waals surface area contributed by atoms with Gasteiger partial charge in [0.05, 0.1) is 27.6 Å².